The van der Waals surface area contributed by atoms with E-state index in [4.69, 9.17) is 0 Å². The minimum Gasteiger partial charge on any atom is -0.350 e. The Hall–Kier alpha value is -1.07. The lowest BCUT2D eigenvalue weighted by atomic mass is 10.1. The molecule has 1 saturated heterocycles. The molecule has 1 amide bonds. The summed E-state index contributed by atoms with van der Waals surface area (Å²) < 4.78 is 0. The number of thioether (sulfide) groups is 1. The van der Waals surface area contributed by atoms with Gasteiger partial charge < -0.3 is 10.6 Å². The third-order valence-electron chi connectivity index (χ3n) is 3.01. The Morgan fingerprint density at radius 3 is 3.06 bits per heavy atom. The van der Waals surface area contributed by atoms with Crippen molar-refractivity contribution >= 4 is 17.7 Å². The van der Waals surface area contributed by atoms with E-state index in [0.717, 1.165) is 23.6 Å². The van der Waals surface area contributed by atoms with Crippen molar-refractivity contribution in [3.05, 3.63) is 30.1 Å². The van der Waals surface area contributed by atoms with E-state index in [9.17, 15) is 4.79 Å². The van der Waals surface area contributed by atoms with E-state index in [1.807, 2.05) is 30.8 Å². The quantitative estimate of drug-likeness (QED) is 0.863. The minimum absolute atomic E-state index is 0.0387. The van der Waals surface area contributed by atoms with Gasteiger partial charge in [-0.1, -0.05) is 0 Å². The Bertz CT molecular complexity index is 379. The molecule has 2 heterocycles. The van der Waals surface area contributed by atoms with Gasteiger partial charge in [-0.25, -0.2) is 0 Å². The summed E-state index contributed by atoms with van der Waals surface area (Å²) in [6, 6.07) is 4.21. The lowest BCUT2D eigenvalue weighted by Crippen LogP contribution is -2.41. The number of carbonyl (C=O) groups excluding carboxylic acids is 1. The fraction of sp³-hybridized carbons (Fsp3) is 0.538. The molecule has 0 radical (unpaired) electrons. The van der Waals surface area contributed by atoms with Crippen molar-refractivity contribution in [3.8, 4) is 0 Å². The smallest absolute Gasteiger partial charge is 0.222 e. The number of carbonyl (C=O) groups is 1. The molecule has 0 bridgehead atoms. The maximum absolute atomic E-state index is 11.9. The Labute approximate surface area is 112 Å². The van der Waals surface area contributed by atoms with Crippen LogP contribution in [0.1, 0.15) is 24.9 Å². The number of aromatic nitrogens is 1. The molecule has 1 aliphatic rings. The van der Waals surface area contributed by atoms with Crippen LogP contribution in [0.25, 0.3) is 0 Å². The van der Waals surface area contributed by atoms with Crippen molar-refractivity contribution in [1.29, 1.82) is 0 Å². The summed E-state index contributed by atoms with van der Waals surface area (Å²) in [6.45, 7) is 3.00. The Morgan fingerprint density at radius 1 is 1.61 bits per heavy atom. The molecule has 2 N–H and O–H groups in total. The topological polar surface area (TPSA) is 54.0 Å². The van der Waals surface area contributed by atoms with Gasteiger partial charge in [0.15, 0.2) is 0 Å². The highest BCUT2D eigenvalue weighted by Crippen LogP contribution is 2.13. The predicted molar refractivity (Wildman–Crippen MR) is 74.5 cm³/mol. The van der Waals surface area contributed by atoms with Gasteiger partial charge in [0.05, 0.1) is 6.04 Å². The highest BCUT2D eigenvalue weighted by molar-refractivity contribution is 7.99. The first kappa shape index (κ1) is 13.4. The van der Waals surface area contributed by atoms with Gasteiger partial charge in [0.1, 0.15) is 0 Å². The maximum Gasteiger partial charge on any atom is 0.222 e. The molecule has 2 atom stereocenters. The lowest BCUT2D eigenvalue weighted by Gasteiger charge is -2.23. The number of nitrogens with zero attached hydrogens (tertiary/aromatic N) is 1. The molecule has 98 valence electrons. The van der Waals surface area contributed by atoms with Gasteiger partial charge in [-0.05, 0) is 24.6 Å². The first-order valence-corrected chi connectivity index (χ1v) is 7.41. The number of hydrogen-bond acceptors (Lipinski definition) is 4. The second-order valence-electron chi connectivity index (χ2n) is 4.50. The maximum atomic E-state index is 11.9. The molecule has 18 heavy (non-hydrogen) atoms. The molecule has 0 aliphatic carbocycles. The van der Waals surface area contributed by atoms with Crippen LogP contribution in [-0.4, -0.2) is 35.0 Å². The molecule has 4 nitrogen and oxygen atoms in total. The van der Waals surface area contributed by atoms with E-state index in [1.54, 1.807) is 12.4 Å². The van der Waals surface area contributed by atoms with Crippen molar-refractivity contribution in [2.45, 2.75) is 25.4 Å². The van der Waals surface area contributed by atoms with Crippen LogP contribution in [0.5, 0.6) is 0 Å². The molecule has 5 heteroatoms. The van der Waals surface area contributed by atoms with Crippen LogP contribution < -0.4 is 10.6 Å². The lowest BCUT2D eigenvalue weighted by molar-refractivity contribution is -0.122. The van der Waals surface area contributed by atoms with Crippen molar-refractivity contribution in [2.75, 3.05) is 18.1 Å². The SMILES string of the molecule is CC(NC(=O)CC1CSCCN1)c1ccncc1. The van der Waals surface area contributed by atoms with Gasteiger partial charge >= 0.3 is 0 Å². The van der Waals surface area contributed by atoms with Gasteiger partial charge in [0.25, 0.3) is 0 Å². The summed E-state index contributed by atoms with van der Waals surface area (Å²) in [5.41, 5.74) is 1.09. The third-order valence-corrected chi connectivity index (χ3v) is 4.14. The van der Waals surface area contributed by atoms with E-state index >= 15 is 0 Å². The van der Waals surface area contributed by atoms with Gasteiger partial charge in [-0.15, -0.1) is 0 Å². The summed E-state index contributed by atoms with van der Waals surface area (Å²) >= 11 is 1.91. The molecule has 1 aliphatic heterocycles. The summed E-state index contributed by atoms with van der Waals surface area (Å²) in [7, 11) is 0. The van der Waals surface area contributed by atoms with Crippen molar-refractivity contribution < 1.29 is 4.79 Å². The first-order valence-electron chi connectivity index (χ1n) is 6.26. The molecule has 1 fully saturated rings. The zero-order chi connectivity index (χ0) is 12.8. The van der Waals surface area contributed by atoms with Crippen LogP contribution in [0, 0.1) is 0 Å². The van der Waals surface area contributed by atoms with Gasteiger partial charge in [-0.3, -0.25) is 9.78 Å². The Morgan fingerprint density at radius 2 is 2.39 bits per heavy atom. The zero-order valence-electron chi connectivity index (χ0n) is 10.6. The van der Waals surface area contributed by atoms with Crippen molar-refractivity contribution in [3.63, 3.8) is 0 Å². The normalized spacial score (nSPS) is 21.3. The van der Waals surface area contributed by atoms with E-state index in [0.29, 0.717) is 12.5 Å². The average molecular weight is 265 g/mol. The molecular formula is C13H19N3OS. The zero-order valence-corrected chi connectivity index (χ0v) is 11.4. The molecule has 0 spiro atoms. The van der Waals surface area contributed by atoms with Crippen LogP contribution in [0.15, 0.2) is 24.5 Å². The van der Waals surface area contributed by atoms with Crippen molar-refractivity contribution in [1.82, 2.24) is 15.6 Å². The van der Waals surface area contributed by atoms with Gasteiger partial charge in [0, 0.05) is 42.9 Å². The highest BCUT2D eigenvalue weighted by Gasteiger charge is 2.18. The molecular weight excluding hydrogens is 246 g/mol. The molecule has 0 aromatic carbocycles. The first-order chi connectivity index (χ1) is 8.75. The van der Waals surface area contributed by atoms with E-state index in [2.05, 4.69) is 15.6 Å². The highest BCUT2D eigenvalue weighted by atomic mass is 32.2. The van der Waals surface area contributed by atoms with Gasteiger partial charge in [0.2, 0.25) is 5.91 Å². The largest absolute Gasteiger partial charge is 0.350 e. The molecule has 1 aromatic rings. The van der Waals surface area contributed by atoms with Crippen molar-refractivity contribution in [2.24, 2.45) is 0 Å². The number of hydrogen-bond donors (Lipinski definition) is 2. The van der Waals surface area contributed by atoms with Crippen LogP contribution in [-0.2, 0) is 4.79 Å². The minimum atomic E-state index is 0.0387. The monoisotopic (exact) mass is 265 g/mol. The fourth-order valence-electron chi connectivity index (χ4n) is 2.01. The number of nitrogens with one attached hydrogen (secondary N) is 2. The summed E-state index contributed by atoms with van der Waals surface area (Å²) in [6.07, 6.45) is 4.05. The second-order valence-corrected chi connectivity index (χ2v) is 5.65. The van der Waals surface area contributed by atoms with Crippen LogP contribution in [0.2, 0.25) is 0 Å². The molecule has 1 aromatic heterocycles. The molecule has 2 unspecified atom stereocenters. The number of amides is 1. The van der Waals surface area contributed by atoms with Gasteiger partial charge in [-0.2, -0.15) is 11.8 Å². The fourth-order valence-corrected chi connectivity index (χ4v) is 2.96. The number of rotatable bonds is 4. The van der Waals surface area contributed by atoms with E-state index in [-0.39, 0.29) is 11.9 Å². The standard InChI is InChI=1S/C13H19N3OS/c1-10(11-2-4-14-5-3-11)16-13(17)8-12-9-18-7-6-15-12/h2-5,10,12,15H,6-9H2,1H3,(H,16,17). The van der Waals surface area contributed by atoms with E-state index < -0.39 is 0 Å². The van der Waals surface area contributed by atoms with Crippen LogP contribution in [0.3, 0.4) is 0 Å². The predicted octanol–water partition coefficient (Wildman–Crippen LogP) is 1.35. The summed E-state index contributed by atoms with van der Waals surface area (Å²) in [5.74, 6) is 2.28. The molecule has 0 saturated carbocycles. The Kier molecular flexibility index (Phi) is 5.01. The second kappa shape index (κ2) is 6.75. The molecule has 2 rings (SSSR count). The average Bonchev–Trinajstić information content (AvgIpc) is 2.40. The third kappa shape index (κ3) is 3.99. The van der Waals surface area contributed by atoms with E-state index in [1.165, 1.54) is 0 Å². The summed E-state index contributed by atoms with van der Waals surface area (Å²) in [4.78, 5) is 15.9. The van der Waals surface area contributed by atoms with Crippen LogP contribution in [0.4, 0.5) is 0 Å². The van der Waals surface area contributed by atoms with Crippen LogP contribution >= 0.6 is 11.8 Å². The Balaban J connectivity index is 1.80. The number of pyridine rings is 1. The summed E-state index contributed by atoms with van der Waals surface area (Å²) in [5, 5.41) is 6.40.